The highest BCUT2D eigenvalue weighted by molar-refractivity contribution is 7.99. The number of thioether (sulfide) groups is 1. The number of nitrogens with zero attached hydrogens (tertiary/aromatic N) is 2. The van der Waals surface area contributed by atoms with E-state index in [0.29, 0.717) is 11.1 Å². The van der Waals surface area contributed by atoms with Crippen molar-refractivity contribution in [3.63, 3.8) is 0 Å². The van der Waals surface area contributed by atoms with Crippen LogP contribution in [0.4, 0.5) is 0 Å². The van der Waals surface area contributed by atoms with Crippen LogP contribution in [0, 0.1) is 0 Å². The van der Waals surface area contributed by atoms with Crippen molar-refractivity contribution in [2.75, 3.05) is 12.3 Å². The number of hydrogen-bond acceptors (Lipinski definition) is 6. The van der Waals surface area contributed by atoms with Crippen molar-refractivity contribution in [1.82, 2.24) is 20.8 Å². The van der Waals surface area contributed by atoms with Crippen LogP contribution in [-0.2, 0) is 0 Å². The van der Waals surface area contributed by atoms with Gasteiger partial charge in [0.1, 0.15) is 0 Å². The van der Waals surface area contributed by atoms with Crippen LogP contribution in [0.5, 0.6) is 0 Å². The van der Waals surface area contributed by atoms with Gasteiger partial charge in [-0.15, -0.1) is 0 Å². The Morgan fingerprint density at radius 2 is 2.38 bits per heavy atom. The fourth-order valence-corrected chi connectivity index (χ4v) is 4.22. The van der Waals surface area contributed by atoms with E-state index in [4.69, 9.17) is 4.52 Å². The van der Waals surface area contributed by atoms with Crippen molar-refractivity contribution in [3.05, 3.63) is 11.7 Å². The predicted molar refractivity (Wildman–Crippen MR) is 81.3 cm³/mol. The Morgan fingerprint density at radius 3 is 3.14 bits per heavy atom. The summed E-state index contributed by atoms with van der Waals surface area (Å²) in [6.45, 7) is 3.14. The van der Waals surface area contributed by atoms with Crippen LogP contribution in [0.1, 0.15) is 61.6 Å². The van der Waals surface area contributed by atoms with Gasteiger partial charge in [0, 0.05) is 11.3 Å². The lowest BCUT2D eigenvalue weighted by atomic mass is 10.2. The van der Waals surface area contributed by atoms with Crippen molar-refractivity contribution in [3.8, 4) is 0 Å². The third-order valence-corrected chi connectivity index (χ3v) is 5.36. The molecule has 1 aliphatic heterocycles. The molecule has 2 heterocycles. The van der Waals surface area contributed by atoms with E-state index in [9.17, 15) is 4.79 Å². The molecule has 2 aliphatic rings. The molecule has 2 N–H and O–H groups in total. The molecule has 1 saturated carbocycles. The van der Waals surface area contributed by atoms with Crippen LogP contribution in [0.3, 0.4) is 0 Å². The highest BCUT2D eigenvalue weighted by Crippen LogP contribution is 2.29. The second kappa shape index (κ2) is 6.79. The summed E-state index contributed by atoms with van der Waals surface area (Å²) in [6, 6.07) is 0.351. The number of nitrogens with one attached hydrogen (secondary N) is 2. The minimum absolute atomic E-state index is 0.107. The molecule has 1 saturated heterocycles. The van der Waals surface area contributed by atoms with Crippen LogP contribution in [0.2, 0.25) is 0 Å². The van der Waals surface area contributed by atoms with E-state index >= 15 is 0 Å². The lowest BCUT2D eigenvalue weighted by Gasteiger charge is -2.11. The first kappa shape index (κ1) is 14.8. The van der Waals surface area contributed by atoms with E-state index in [1.807, 2.05) is 11.8 Å². The smallest absolute Gasteiger partial charge is 0.292 e. The maximum Gasteiger partial charge on any atom is 0.292 e. The molecule has 1 aromatic rings. The number of amides is 1. The quantitative estimate of drug-likeness (QED) is 0.864. The van der Waals surface area contributed by atoms with E-state index < -0.39 is 0 Å². The summed E-state index contributed by atoms with van der Waals surface area (Å²) < 4.78 is 5.21. The fourth-order valence-electron chi connectivity index (χ4n) is 3.07. The molecule has 0 bridgehead atoms. The van der Waals surface area contributed by atoms with Gasteiger partial charge in [-0.25, -0.2) is 0 Å². The lowest BCUT2D eigenvalue weighted by molar-refractivity contribution is 0.0924. The van der Waals surface area contributed by atoms with E-state index in [0.717, 1.165) is 38.0 Å². The van der Waals surface area contributed by atoms with Gasteiger partial charge in [0.25, 0.3) is 11.7 Å². The zero-order valence-corrected chi connectivity index (χ0v) is 13.1. The third-order valence-electron chi connectivity index (χ3n) is 4.13. The summed E-state index contributed by atoms with van der Waals surface area (Å²) in [7, 11) is 0. The zero-order chi connectivity index (χ0) is 14.7. The highest BCUT2D eigenvalue weighted by atomic mass is 32.2. The summed E-state index contributed by atoms with van der Waals surface area (Å²) in [6.07, 6.45) is 5.35. The van der Waals surface area contributed by atoms with Gasteiger partial charge in [0.2, 0.25) is 5.89 Å². The molecule has 0 radical (unpaired) electrons. The van der Waals surface area contributed by atoms with Crippen molar-refractivity contribution < 1.29 is 9.32 Å². The Bertz CT molecular complexity index is 487. The minimum Gasteiger partial charge on any atom is -0.346 e. The molecule has 2 fully saturated rings. The van der Waals surface area contributed by atoms with Gasteiger partial charge in [-0.2, -0.15) is 16.7 Å². The van der Waals surface area contributed by atoms with Gasteiger partial charge in [0.05, 0.1) is 6.04 Å². The number of hydrogen-bond donors (Lipinski definition) is 2. The molecule has 116 valence electrons. The molecule has 0 spiro atoms. The molecule has 7 heteroatoms. The van der Waals surface area contributed by atoms with Crippen molar-refractivity contribution in [2.24, 2.45) is 0 Å². The second-order valence-electron chi connectivity index (χ2n) is 5.67. The Morgan fingerprint density at radius 1 is 1.48 bits per heavy atom. The van der Waals surface area contributed by atoms with Gasteiger partial charge < -0.3 is 15.2 Å². The molecule has 1 amide bonds. The molecule has 3 rings (SSSR count). The monoisotopic (exact) mass is 310 g/mol. The zero-order valence-electron chi connectivity index (χ0n) is 12.3. The largest absolute Gasteiger partial charge is 0.346 e. The van der Waals surface area contributed by atoms with Crippen molar-refractivity contribution in [1.29, 1.82) is 0 Å². The minimum atomic E-state index is -0.213. The Labute approximate surface area is 128 Å². The van der Waals surface area contributed by atoms with Crippen LogP contribution < -0.4 is 10.6 Å². The summed E-state index contributed by atoms with van der Waals surface area (Å²) in [5.74, 6) is 1.61. The van der Waals surface area contributed by atoms with Gasteiger partial charge in [0.15, 0.2) is 0 Å². The Balaban J connectivity index is 1.53. The van der Waals surface area contributed by atoms with Crippen molar-refractivity contribution in [2.45, 2.75) is 56.4 Å². The number of aromatic nitrogens is 2. The Hall–Kier alpha value is -1.08. The summed E-state index contributed by atoms with van der Waals surface area (Å²) >= 11 is 1.98. The maximum atomic E-state index is 12.2. The number of rotatable bonds is 5. The standard InChI is InChI=1S/C14H22N4O2S/c1-2-21-10-6-5-9(8-10)16-13(19)12-17-14(20-18-12)11-4-3-7-15-11/h9-11,15H,2-8H2,1H3,(H,16,19). The lowest BCUT2D eigenvalue weighted by Crippen LogP contribution is -2.33. The van der Waals surface area contributed by atoms with Gasteiger partial charge >= 0.3 is 0 Å². The Kier molecular flexibility index (Phi) is 4.80. The first-order valence-corrected chi connectivity index (χ1v) is 8.80. The maximum absolute atomic E-state index is 12.2. The predicted octanol–water partition coefficient (Wildman–Crippen LogP) is 1.90. The molecule has 3 unspecified atom stereocenters. The SMILES string of the molecule is CCSC1CCC(NC(=O)c2noc(C3CCCN3)n2)C1. The van der Waals surface area contributed by atoms with Crippen LogP contribution >= 0.6 is 11.8 Å². The van der Waals surface area contributed by atoms with Crippen LogP contribution in [0.15, 0.2) is 4.52 Å². The van der Waals surface area contributed by atoms with Gasteiger partial charge in [-0.3, -0.25) is 4.79 Å². The molecule has 1 aromatic heterocycles. The van der Waals surface area contributed by atoms with Crippen LogP contribution in [-0.4, -0.2) is 39.6 Å². The molecule has 1 aliphatic carbocycles. The normalized spacial score (nSPS) is 28.9. The second-order valence-corrected chi connectivity index (χ2v) is 7.24. The highest BCUT2D eigenvalue weighted by Gasteiger charge is 2.28. The molecule has 6 nitrogen and oxygen atoms in total. The summed E-state index contributed by atoms with van der Waals surface area (Å²) in [5.41, 5.74) is 0. The average Bonchev–Trinajstić information content (AvgIpc) is 3.20. The number of carbonyl (C=O) groups excluding carboxylic acids is 1. The first-order chi connectivity index (χ1) is 10.3. The third kappa shape index (κ3) is 3.58. The number of carbonyl (C=O) groups is 1. The first-order valence-electron chi connectivity index (χ1n) is 7.75. The molecular formula is C14H22N4O2S. The van der Waals surface area contributed by atoms with E-state index in [-0.39, 0.29) is 23.8 Å². The van der Waals surface area contributed by atoms with E-state index in [1.54, 1.807) is 0 Å². The van der Waals surface area contributed by atoms with Gasteiger partial charge in [-0.05, 0) is 44.4 Å². The molecule has 21 heavy (non-hydrogen) atoms. The molecular weight excluding hydrogens is 288 g/mol. The average molecular weight is 310 g/mol. The van der Waals surface area contributed by atoms with Crippen LogP contribution in [0.25, 0.3) is 0 Å². The molecule has 0 aromatic carbocycles. The summed E-state index contributed by atoms with van der Waals surface area (Å²) in [5, 5.41) is 10.8. The van der Waals surface area contributed by atoms with Crippen molar-refractivity contribution >= 4 is 17.7 Å². The van der Waals surface area contributed by atoms with E-state index in [2.05, 4.69) is 27.7 Å². The summed E-state index contributed by atoms with van der Waals surface area (Å²) in [4.78, 5) is 16.4. The van der Waals surface area contributed by atoms with Gasteiger partial charge in [-0.1, -0.05) is 12.1 Å². The fraction of sp³-hybridized carbons (Fsp3) is 0.786. The molecule has 3 atom stereocenters. The topological polar surface area (TPSA) is 80.0 Å². The van der Waals surface area contributed by atoms with E-state index in [1.165, 1.54) is 6.42 Å².